The van der Waals surface area contributed by atoms with E-state index in [2.05, 4.69) is 158 Å². The molecular weight excluding hydrogens is 537 g/mol. The Kier molecular flexibility index (Phi) is 5.47. The van der Waals surface area contributed by atoms with Crippen molar-refractivity contribution < 1.29 is 0 Å². The highest BCUT2D eigenvalue weighted by molar-refractivity contribution is 7.27. The summed E-state index contributed by atoms with van der Waals surface area (Å²) >= 11 is 1.92. The molecule has 0 aliphatic rings. The van der Waals surface area contributed by atoms with E-state index in [9.17, 15) is 0 Å². The van der Waals surface area contributed by atoms with Crippen molar-refractivity contribution in [2.45, 2.75) is 0 Å². The fourth-order valence-corrected chi connectivity index (χ4v) is 8.30. The molecule has 0 unspecified atom stereocenters. The van der Waals surface area contributed by atoms with E-state index in [1.807, 2.05) is 11.3 Å². The molecule has 1 heterocycles. The maximum absolute atomic E-state index is 2.31. The molecule has 0 atom stereocenters. The maximum atomic E-state index is 2.31. The van der Waals surface area contributed by atoms with Crippen LogP contribution in [-0.2, 0) is 0 Å². The van der Waals surface area contributed by atoms with Crippen LogP contribution in [0, 0.1) is 0 Å². The van der Waals surface area contributed by atoms with E-state index in [1.165, 1.54) is 85.9 Å². The van der Waals surface area contributed by atoms with Crippen LogP contribution in [0.5, 0.6) is 0 Å². The van der Waals surface area contributed by atoms with Crippen LogP contribution in [-0.4, -0.2) is 0 Å². The lowest BCUT2D eigenvalue weighted by atomic mass is 9.86. The molecule has 1 heteroatoms. The monoisotopic (exact) mass is 562 g/mol. The fourth-order valence-electron chi connectivity index (χ4n) is 6.93. The Bertz CT molecular complexity index is 2420. The van der Waals surface area contributed by atoms with Gasteiger partial charge in [0, 0.05) is 20.2 Å². The Morgan fingerprint density at radius 1 is 0.279 bits per heavy atom. The number of thiophene rings is 1. The molecule has 43 heavy (non-hydrogen) atoms. The standard InChI is InChI=1S/C42H26S/c1-2-12-29(13-3-1)39-33-15-6-8-17-35(33)40(36-18-9-7-16-34(36)39)30-23-21-28(22-24-30)32-19-10-20-37-38-26-25-27-11-4-5-14-31(27)42(38)43-41(32)37/h1-26H. The van der Waals surface area contributed by atoms with Gasteiger partial charge in [0.25, 0.3) is 0 Å². The first-order valence-electron chi connectivity index (χ1n) is 14.8. The van der Waals surface area contributed by atoms with E-state index in [1.54, 1.807) is 0 Å². The molecule has 0 saturated heterocycles. The zero-order valence-corrected chi connectivity index (χ0v) is 24.2. The lowest BCUT2D eigenvalue weighted by Gasteiger charge is -2.18. The lowest BCUT2D eigenvalue weighted by Crippen LogP contribution is -1.90. The van der Waals surface area contributed by atoms with Crippen LogP contribution in [0.25, 0.3) is 85.9 Å². The third-order valence-corrected chi connectivity index (χ3v) is 10.2. The van der Waals surface area contributed by atoms with Gasteiger partial charge in [-0.05, 0) is 65.7 Å². The van der Waals surface area contributed by atoms with Crippen LogP contribution in [0.4, 0.5) is 0 Å². The maximum Gasteiger partial charge on any atom is 0.0434 e. The van der Waals surface area contributed by atoms with Crippen LogP contribution in [0.1, 0.15) is 0 Å². The Hall–Kier alpha value is -5.24. The van der Waals surface area contributed by atoms with E-state index < -0.39 is 0 Å². The van der Waals surface area contributed by atoms with Gasteiger partial charge in [-0.3, -0.25) is 0 Å². The summed E-state index contributed by atoms with van der Waals surface area (Å²) in [4.78, 5) is 0. The molecule has 8 aromatic carbocycles. The largest absolute Gasteiger partial charge is 0.134 e. The van der Waals surface area contributed by atoms with Crippen LogP contribution in [0.15, 0.2) is 158 Å². The SMILES string of the molecule is c1ccc(-c2c3ccccc3c(-c3ccc(-c4cccc5c4sc4c6ccccc6ccc54)cc3)c3ccccc23)cc1. The minimum Gasteiger partial charge on any atom is -0.134 e. The normalized spacial score (nSPS) is 11.7. The van der Waals surface area contributed by atoms with Gasteiger partial charge in [0.05, 0.1) is 0 Å². The molecule has 0 amide bonds. The fraction of sp³-hybridized carbons (Fsp3) is 0. The molecule has 0 spiro atoms. The summed E-state index contributed by atoms with van der Waals surface area (Å²) < 4.78 is 2.72. The van der Waals surface area contributed by atoms with Crippen LogP contribution >= 0.6 is 11.3 Å². The van der Waals surface area contributed by atoms with Gasteiger partial charge in [0.1, 0.15) is 0 Å². The highest BCUT2D eigenvalue weighted by Crippen LogP contribution is 2.45. The number of hydrogen-bond acceptors (Lipinski definition) is 1. The van der Waals surface area contributed by atoms with Gasteiger partial charge in [-0.25, -0.2) is 0 Å². The van der Waals surface area contributed by atoms with Gasteiger partial charge in [-0.1, -0.05) is 158 Å². The Morgan fingerprint density at radius 2 is 0.767 bits per heavy atom. The van der Waals surface area contributed by atoms with Crippen LogP contribution in [0.2, 0.25) is 0 Å². The third kappa shape index (κ3) is 3.75. The van der Waals surface area contributed by atoms with Crippen LogP contribution in [0.3, 0.4) is 0 Å². The van der Waals surface area contributed by atoms with Crippen molar-refractivity contribution in [2.24, 2.45) is 0 Å². The minimum absolute atomic E-state index is 1.24. The van der Waals surface area contributed by atoms with Gasteiger partial charge in [0.2, 0.25) is 0 Å². The van der Waals surface area contributed by atoms with E-state index in [0.29, 0.717) is 0 Å². The summed E-state index contributed by atoms with van der Waals surface area (Å²) in [5.41, 5.74) is 7.63. The molecule has 0 aliphatic heterocycles. The summed E-state index contributed by atoms with van der Waals surface area (Å²) in [5.74, 6) is 0. The first-order chi connectivity index (χ1) is 21.3. The molecule has 0 fully saturated rings. The average molecular weight is 563 g/mol. The summed E-state index contributed by atoms with van der Waals surface area (Å²) in [6.07, 6.45) is 0. The van der Waals surface area contributed by atoms with Crippen molar-refractivity contribution >= 4 is 63.8 Å². The summed E-state index contributed by atoms with van der Waals surface area (Å²) in [6.45, 7) is 0. The van der Waals surface area contributed by atoms with Gasteiger partial charge in [0.15, 0.2) is 0 Å². The zero-order chi connectivity index (χ0) is 28.3. The molecule has 9 aromatic rings. The molecule has 0 bridgehead atoms. The van der Waals surface area contributed by atoms with Crippen molar-refractivity contribution in [1.82, 2.24) is 0 Å². The molecule has 9 rings (SSSR count). The molecule has 0 saturated carbocycles. The van der Waals surface area contributed by atoms with Crippen molar-refractivity contribution in [2.75, 3.05) is 0 Å². The van der Waals surface area contributed by atoms with Gasteiger partial charge >= 0.3 is 0 Å². The molecule has 0 N–H and O–H groups in total. The minimum atomic E-state index is 1.24. The smallest absolute Gasteiger partial charge is 0.0434 e. The number of hydrogen-bond donors (Lipinski definition) is 0. The van der Waals surface area contributed by atoms with E-state index in [0.717, 1.165) is 0 Å². The van der Waals surface area contributed by atoms with Gasteiger partial charge in [-0.15, -0.1) is 11.3 Å². The van der Waals surface area contributed by atoms with E-state index in [4.69, 9.17) is 0 Å². The average Bonchev–Trinajstić information content (AvgIpc) is 3.47. The second-order valence-electron chi connectivity index (χ2n) is 11.2. The summed E-state index contributed by atoms with van der Waals surface area (Å²) in [6, 6.07) is 57.8. The van der Waals surface area contributed by atoms with Crippen LogP contribution < -0.4 is 0 Å². The second kappa shape index (κ2) is 9.66. The number of rotatable bonds is 3. The predicted octanol–water partition coefficient (Wildman–Crippen LogP) is 12.5. The number of fused-ring (bicyclic) bond motifs is 7. The highest BCUT2D eigenvalue weighted by Gasteiger charge is 2.17. The topological polar surface area (TPSA) is 0 Å². The molecular formula is C42H26S. The first kappa shape index (κ1) is 24.4. The number of benzene rings is 8. The van der Waals surface area contributed by atoms with Crippen molar-refractivity contribution in [1.29, 1.82) is 0 Å². The molecule has 200 valence electrons. The lowest BCUT2D eigenvalue weighted by molar-refractivity contribution is 1.64. The Labute approximate surface area is 254 Å². The molecule has 1 aromatic heterocycles. The zero-order valence-electron chi connectivity index (χ0n) is 23.4. The van der Waals surface area contributed by atoms with Crippen molar-refractivity contribution in [3.8, 4) is 33.4 Å². The van der Waals surface area contributed by atoms with Gasteiger partial charge < -0.3 is 0 Å². The van der Waals surface area contributed by atoms with Crippen molar-refractivity contribution in [3.63, 3.8) is 0 Å². The quantitative estimate of drug-likeness (QED) is 0.188. The second-order valence-corrected chi connectivity index (χ2v) is 12.3. The predicted molar refractivity (Wildman–Crippen MR) is 188 cm³/mol. The van der Waals surface area contributed by atoms with E-state index >= 15 is 0 Å². The highest BCUT2D eigenvalue weighted by atomic mass is 32.1. The third-order valence-electron chi connectivity index (χ3n) is 8.87. The van der Waals surface area contributed by atoms with Crippen molar-refractivity contribution in [3.05, 3.63) is 158 Å². The van der Waals surface area contributed by atoms with E-state index in [-0.39, 0.29) is 0 Å². The summed E-state index contributed by atoms with van der Waals surface area (Å²) in [7, 11) is 0. The molecule has 0 radical (unpaired) electrons. The Balaban J connectivity index is 1.24. The molecule has 0 aliphatic carbocycles. The van der Waals surface area contributed by atoms with Gasteiger partial charge in [-0.2, -0.15) is 0 Å². The Morgan fingerprint density at radius 3 is 1.42 bits per heavy atom. The first-order valence-corrected chi connectivity index (χ1v) is 15.6. The summed E-state index contributed by atoms with van der Waals surface area (Å²) in [5, 5.41) is 10.4. The molecule has 0 nitrogen and oxygen atoms in total.